The molecule has 1 fully saturated rings. The lowest BCUT2D eigenvalue weighted by Crippen LogP contribution is -2.30. The molecule has 0 radical (unpaired) electrons. The summed E-state index contributed by atoms with van der Waals surface area (Å²) in [5.74, 6) is -0.790. The lowest BCUT2D eigenvalue weighted by Gasteiger charge is -2.27. The van der Waals surface area contributed by atoms with Gasteiger partial charge in [-0.2, -0.15) is 0 Å². The Labute approximate surface area is 126 Å². The van der Waals surface area contributed by atoms with Crippen molar-refractivity contribution in [2.45, 2.75) is 31.7 Å². The minimum absolute atomic E-state index is 0.124. The standard InChI is InChI=1S/C13H15BrCl2O2/c1-2-3-10-7-17-13(8-14,18-10)11-5-4-9(15)6-12(11)16/h4-6,10H,2-3,7-8H2,1H3/t10-,13+/m0/s1. The van der Waals surface area contributed by atoms with E-state index in [1.165, 1.54) is 0 Å². The largest absolute Gasteiger partial charge is 0.342 e. The van der Waals surface area contributed by atoms with Gasteiger partial charge in [-0.05, 0) is 18.6 Å². The molecule has 1 aliphatic heterocycles. The first kappa shape index (κ1) is 14.6. The fraction of sp³-hybridized carbons (Fsp3) is 0.538. The Morgan fingerprint density at radius 3 is 2.83 bits per heavy atom. The Kier molecular flexibility index (Phi) is 4.95. The molecule has 1 aromatic carbocycles. The Bertz CT molecular complexity index is 427. The van der Waals surface area contributed by atoms with E-state index < -0.39 is 5.79 Å². The third-order valence-corrected chi connectivity index (χ3v) is 4.27. The van der Waals surface area contributed by atoms with E-state index in [4.69, 9.17) is 32.7 Å². The Hall–Kier alpha value is 0.200. The average molecular weight is 354 g/mol. The third kappa shape index (κ3) is 2.86. The zero-order chi connectivity index (χ0) is 13.2. The monoisotopic (exact) mass is 352 g/mol. The van der Waals surface area contributed by atoms with Crippen LogP contribution >= 0.6 is 39.1 Å². The van der Waals surface area contributed by atoms with Crippen molar-refractivity contribution in [1.29, 1.82) is 0 Å². The van der Waals surface area contributed by atoms with Crippen LogP contribution in [0.5, 0.6) is 0 Å². The van der Waals surface area contributed by atoms with Crippen molar-refractivity contribution in [3.8, 4) is 0 Å². The summed E-state index contributed by atoms with van der Waals surface area (Å²) in [5, 5.41) is 1.72. The van der Waals surface area contributed by atoms with Crippen molar-refractivity contribution >= 4 is 39.1 Å². The van der Waals surface area contributed by atoms with E-state index in [2.05, 4.69) is 22.9 Å². The molecule has 2 nitrogen and oxygen atoms in total. The fourth-order valence-electron chi connectivity index (χ4n) is 2.11. The highest BCUT2D eigenvalue weighted by Crippen LogP contribution is 2.41. The molecule has 2 rings (SSSR count). The number of alkyl halides is 1. The molecule has 1 saturated heterocycles. The van der Waals surface area contributed by atoms with Crippen LogP contribution < -0.4 is 0 Å². The molecule has 0 spiro atoms. The summed E-state index contributed by atoms with van der Waals surface area (Å²) in [7, 11) is 0. The van der Waals surface area contributed by atoms with Crippen LogP contribution in [0.15, 0.2) is 18.2 Å². The molecule has 100 valence electrons. The summed E-state index contributed by atoms with van der Waals surface area (Å²) in [4.78, 5) is 0. The lowest BCUT2D eigenvalue weighted by atomic mass is 10.1. The molecule has 1 heterocycles. The maximum Gasteiger partial charge on any atom is 0.206 e. The fourth-order valence-corrected chi connectivity index (χ4v) is 3.26. The van der Waals surface area contributed by atoms with Crippen molar-refractivity contribution in [3.05, 3.63) is 33.8 Å². The molecule has 1 aliphatic rings. The molecule has 18 heavy (non-hydrogen) atoms. The van der Waals surface area contributed by atoms with Gasteiger partial charge in [0.1, 0.15) is 0 Å². The smallest absolute Gasteiger partial charge is 0.206 e. The van der Waals surface area contributed by atoms with Crippen LogP contribution in [0.3, 0.4) is 0 Å². The van der Waals surface area contributed by atoms with Gasteiger partial charge in [-0.25, -0.2) is 0 Å². The highest BCUT2D eigenvalue weighted by molar-refractivity contribution is 9.09. The second-order valence-corrected chi connectivity index (χ2v) is 5.75. The van der Waals surface area contributed by atoms with Crippen LogP contribution in [-0.2, 0) is 15.3 Å². The topological polar surface area (TPSA) is 18.5 Å². The van der Waals surface area contributed by atoms with Gasteiger partial charge in [-0.3, -0.25) is 0 Å². The van der Waals surface area contributed by atoms with E-state index in [9.17, 15) is 0 Å². The minimum atomic E-state index is -0.790. The van der Waals surface area contributed by atoms with Crippen LogP contribution in [0.1, 0.15) is 25.3 Å². The molecule has 1 aromatic rings. The van der Waals surface area contributed by atoms with Gasteiger partial charge >= 0.3 is 0 Å². The maximum atomic E-state index is 6.24. The van der Waals surface area contributed by atoms with E-state index >= 15 is 0 Å². The normalized spacial score (nSPS) is 27.7. The third-order valence-electron chi connectivity index (χ3n) is 2.99. The number of rotatable bonds is 4. The SMILES string of the molecule is CCC[C@H]1CO[C@@](CBr)(c2ccc(Cl)cc2Cl)O1. The lowest BCUT2D eigenvalue weighted by molar-refractivity contribution is -0.157. The number of benzene rings is 1. The summed E-state index contributed by atoms with van der Waals surface area (Å²) >= 11 is 15.6. The molecule has 0 aromatic heterocycles. The molecule has 5 heteroatoms. The van der Waals surface area contributed by atoms with E-state index in [-0.39, 0.29) is 6.10 Å². The van der Waals surface area contributed by atoms with Gasteiger partial charge in [-0.15, -0.1) is 0 Å². The van der Waals surface area contributed by atoms with Gasteiger partial charge in [0.15, 0.2) is 0 Å². The number of halogens is 3. The zero-order valence-electron chi connectivity index (χ0n) is 10.1. The van der Waals surface area contributed by atoms with Crippen molar-refractivity contribution < 1.29 is 9.47 Å². The van der Waals surface area contributed by atoms with Gasteiger partial charge in [0.25, 0.3) is 0 Å². The zero-order valence-corrected chi connectivity index (χ0v) is 13.2. The van der Waals surface area contributed by atoms with E-state index in [0.29, 0.717) is 22.0 Å². The number of hydrogen-bond acceptors (Lipinski definition) is 2. The molecule has 0 aliphatic carbocycles. The molecule has 0 N–H and O–H groups in total. The van der Waals surface area contributed by atoms with Crippen molar-refractivity contribution in [3.63, 3.8) is 0 Å². The molecule has 0 saturated carbocycles. The van der Waals surface area contributed by atoms with Crippen LogP contribution in [0.4, 0.5) is 0 Å². The average Bonchev–Trinajstić information content (AvgIpc) is 2.74. The predicted octanol–water partition coefficient (Wildman–Crippen LogP) is 4.76. The Morgan fingerprint density at radius 1 is 1.44 bits per heavy atom. The van der Waals surface area contributed by atoms with Crippen LogP contribution in [0.25, 0.3) is 0 Å². The van der Waals surface area contributed by atoms with Gasteiger partial charge in [0.05, 0.1) is 23.1 Å². The van der Waals surface area contributed by atoms with E-state index in [0.717, 1.165) is 18.4 Å². The summed E-state index contributed by atoms with van der Waals surface area (Å²) in [6, 6.07) is 5.37. The van der Waals surface area contributed by atoms with Gasteiger partial charge in [0.2, 0.25) is 5.79 Å². The Balaban J connectivity index is 2.28. The highest BCUT2D eigenvalue weighted by Gasteiger charge is 2.43. The Morgan fingerprint density at radius 2 is 2.22 bits per heavy atom. The van der Waals surface area contributed by atoms with Gasteiger partial charge in [0, 0.05) is 10.6 Å². The summed E-state index contributed by atoms with van der Waals surface area (Å²) in [6.07, 6.45) is 2.18. The molecule has 2 atom stereocenters. The summed E-state index contributed by atoms with van der Waals surface area (Å²) < 4.78 is 11.9. The molecular formula is C13H15BrCl2O2. The first-order valence-electron chi connectivity index (χ1n) is 5.94. The van der Waals surface area contributed by atoms with Crippen LogP contribution in [-0.4, -0.2) is 18.0 Å². The first-order chi connectivity index (χ1) is 8.61. The van der Waals surface area contributed by atoms with Gasteiger partial charge < -0.3 is 9.47 Å². The van der Waals surface area contributed by atoms with Gasteiger partial charge in [-0.1, -0.05) is 58.5 Å². The van der Waals surface area contributed by atoms with E-state index in [1.807, 2.05) is 6.07 Å². The number of ether oxygens (including phenoxy) is 2. The maximum absolute atomic E-state index is 6.24. The van der Waals surface area contributed by atoms with Crippen LogP contribution in [0.2, 0.25) is 10.0 Å². The van der Waals surface area contributed by atoms with E-state index in [1.54, 1.807) is 12.1 Å². The molecule has 0 unspecified atom stereocenters. The predicted molar refractivity (Wildman–Crippen MR) is 77.7 cm³/mol. The minimum Gasteiger partial charge on any atom is -0.342 e. The second-order valence-electron chi connectivity index (χ2n) is 4.35. The quantitative estimate of drug-likeness (QED) is 0.727. The molecular weight excluding hydrogens is 339 g/mol. The molecule has 0 bridgehead atoms. The number of hydrogen-bond donors (Lipinski definition) is 0. The first-order valence-corrected chi connectivity index (χ1v) is 7.82. The molecule has 0 amide bonds. The van der Waals surface area contributed by atoms with Crippen molar-refractivity contribution in [2.24, 2.45) is 0 Å². The van der Waals surface area contributed by atoms with Crippen molar-refractivity contribution in [1.82, 2.24) is 0 Å². The van der Waals surface area contributed by atoms with Crippen molar-refractivity contribution in [2.75, 3.05) is 11.9 Å². The summed E-state index contributed by atoms with van der Waals surface area (Å²) in [5.41, 5.74) is 0.823. The highest BCUT2D eigenvalue weighted by atomic mass is 79.9. The van der Waals surface area contributed by atoms with Crippen LogP contribution in [0, 0.1) is 0 Å². The summed E-state index contributed by atoms with van der Waals surface area (Å²) in [6.45, 7) is 2.73. The second kappa shape index (κ2) is 6.10.